The summed E-state index contributed by atoms with van der Waals surface area (Å²) in [6, 6.07) is 0. The second kappa shape index (κ2) is 9.53. The summed E-state index contributed by atoms with van der Waals surface area (Å²) in [5, 5.41) is 8.12. The predicted octanol–water partition coefficient (Wildman–Crippen LogP) is -1.74. The average molecular weight is 262 g/mol. The first-order valence-electron chi connectivity index (χ1n) is 5.00. The molecule has 0 heterocycles. The summed E-state index contributed by atoms with van der Waals surface area (Å²) >= 11 is 0. The third-order valence-electron chi connectivity index (χ3n) is 2.14. The van der Waals surface area contributed by atoms with Crippen molar-refractivity contribution >= 4 is 10.1 Å². The van der Waals surface area contributed by atoms with Gasteiger partial charge >= 0.3 is 51.4 Å². The fourth-order valence-electron chi connectivity index (χ4n) is 1.38. The monoisotopic (exact) mass is 262 g/mol. The third-order valence-corrected chi connectivity index (χ3v) is 3.39. The predicted molar refractivity (Wildman–Crippen MR) is 53.9 cm³/mol. The van der Waals surface area contributed by atoms with E-state index in [-0.39, 0.29) is 57.8 Å². The van der Waals surface area contributed by atoms with E-state index in [1.54, 1.807) is 0 Å². The molecule has 0 saturated carbocycles. The van der Waals surface area contributed by atoms with Crippen LogP contribution in [0.3, 0.4) is 0 Å². The van der Waals surface area contributed by atoms with Crippen molar-refractivity contribution in [2.24, 2.45) is 0 Å². The van der Waals surface area contributed by atoms with E-state index in [0.29, 0.717) is 6.42 Å². The largest absolute Gasteiger partial charge is 1.00 e. The molecule has 4 nitrogen and oxygen atoms in total. The van der Waals surface area contributed by atoms with Crippen LogP contribution in [0.5, 0.6) is 0 Å². The summed E-state index contributed by atoms with van der Waals surface area (Å²) in [5.74, 6) is 0. The van der Waals surface area contributed by atoms with Crippen molar-refractivity contribution in [3.05, 3.63) is 0 Å². The van der Waals surface area contributed by atoms with E-state index >= 15 is 0 Å². The van der Waals surface area contributed by atoms with Gasteiger partial charge in [-0.05, 0) is 19.8 Å². The van der Waals surface area contributed by atoms with E-state index in [4.69, 9.17) is 5.11 Å². The maximum atomic E-state index is 10.8. The molecule has 0 amide bonds. The summed E-state index contributed by atoms with van der Waals surface area (Å²) in [7, 11) is -4.25. The van der Waals surface area contributed by atoms with E-state index in [1.807, 2.05) is 6.92 Å². The molecule has 0 radical (unpaired) electrons. The van der Waals surface area contributed by atoms with Gasteiger partial charge in [0, 0.05) is 0 Å². The van der Waals surface area contributed by atoms with Crippen LogP contribution < -0.4 is 51.4 Å². The number of aliphatic hydroxyl groups excluding tert-OH is 1. The molecule has 15 heavy (non-hydrogen) atoms. The van der Waals surface area contributed by atoms with Gasteiger partial charge in [0.1, 0.15) is 0 Å². The van der Waals surface area contributed by atoms with Gasteiger partial charge in [-0.15, -0.1) is 0 Å². The Balaban J connectivity index is 0. The molecule has 0 bridgehead atoms. The minimum Gasteiger partial charge on any atom is -0.748 e. The van der Waals surface area contributed by atoms with Crippen molar-refractivity contribution in [1.82, 2.24) is 0 Å². The Morgan fingerprint density at radius 3 is 2.20 bits per heavy atom. The molecule has 0 aliphatic rings. The molecule has 1 N–H and O–H groups in total. The molecule has 6 heteroatoms. The molecule has 0 aromatic rings. The summed E-state index contributed by atoms with van der Waals surface area (Å²) in [5.41, 5.74) is 0. The van der Waals surface area contributed by atoms with Crippen molar-refractivity contribution in [3.8, 4) is 0 Å². The van der Waals surface area contributed by atoms with Gasteiger partial charge in [0.25, 0.3) is 0 Å². The normalized spacial score (nSPS) is 15.5. The van der Waals surface area contributed by atoms with Gasteiger partial charge in [-0.25, -0.2) is 8.42 Å². The average Bonchev–Trinajstić information content (AvgIpc) is 2.00. The van der Waals surface area contributed by atoms with Crippen molar-refractivity contribution in [2.75, 3.05) is 0 Å². The Hall–Kier alpha value is 1.51. The maximum absolute atomic E-state index is 10.8. The first-order valence-corrected chi connectivity index (χ1v) is 6.47. The number of rotatable bonds is 7. The number of unbranched alkanes of at least 4 members (excludes halogenated alkanes) is 2. The summed E-state index contributed by atoms with van der Waals surface area (Å²) in [4.78, 5) is 0. The zero-order valence-electron chi connectivity index (χ0n) is 9.77. The molecule has 0 aliphatic carbocycles. The molecule has 86 valence electrons. The molecule has 0 saturated heterocycles. The zero-order chi connectivity index (χ0) is 11.2. The van der Waals surface area contributed by atoms with Crippen LogP contribution in [0.15, 0.2) is 0 Å². The Kier molecular flexibility index (Phi) is 12.0. The topological polar surface area (TPSA) is 77.4 Å². The molecule has 0 spiro atoms. The minimum absolute atomic E-state index is 0. The van der Waals surface area contributed by atoms with Gasteiger partial charge in [0.2, 0.25) is 0 Å². The van der Waals surface area contributed by atoms with Crippen molar-refractivity contribution in [3.63, 3.8) is 0 Å². The number of aliphatic hydroxyl groups is 1. The van der Waals surface area contributed by atoms with Crippen LogP contribution in [0.25, 0.3) is 0 Å². The van der Waals surface area contributed by atoms with E-state index in [2.05, 4.69) is 0 Å². The van der Waals surface area contributed by atoms with Crippen LogP contribution in [-0.2, 0) is 10.1 Å². The second-order valence-electron chi connectivity index (χ2n) is 3.70. The fourth-order valence-corrected chi connectivity index (χ4v) is 2.35. The Morgan fingerprint density at radius 2 is 1.87 bits per heavy atom. The molecular weight excluding hydrogens is 243 g/mol. The van der Waals surface area contributed by atoms with Gasteiger partial charge in [0.05, 0.1) is 21.5 Å². The van der Waals surface area contributed by atoms with E-state index in [0.717, 1.165) is 19.3 Å². The fraction of sp³-hybridized carbons (Fsp3) is 1.00. The van der Waals surface area contributed by atoms with Gasteiger partial charge < -0.3 is 9.66 Å². The molecule has 2 atom stereocenters. The number of hydrogen-bond donors (Lipinski definition) is 1. The van der Waals surface area contributed by atoms with E-state index < -0.39 is 21.5 Å². The van der Waals surface area contributed by atoms with E-state index in [1.165, 1.54) is 6.92 Å². The van der Waals surface area contributed by atoms with Gasteiger partial charge in [-0.1, -0.05) is 26.2 Å². The minimum atomic E-state index is -4.25. The molecule has 0 aromatic heterocycles. The second-order valence-corrected chi connectivity index (χ2v) is 5.35. The Bertz CT molecular complexity index is 238. The van der Waals surface area contributed by atoms with Gasteiger partial charge in [0.15, 0.2) is 0 Å². The van der Waals surface area contributed by atoms with Crippen LogP contribution in [-0.4, -0.2) is 29.4 Å². The van der Waals surface area contributed by atoms with Crippen LogP contribution in [0.4, 0.5) is 0 Å². The smallest absolute Gasteiger partial charge is 0.748 e. The summed E-state index contributed by atoms with van der Waals surface area (Å²) in [6.45, 7) is 3.51. The maximum Gasteiger partial charge on any atom is 1.00 e. The zero-order valence-corrected chi connectivity index (χ0v) is 13.7. The SMILES string of the molecule is CCCCCC(CC(C)O)S(=O)(=O)[O-].[K+]. The molecule has 0 rings (SSSR count). The van der Waals surface area contributed by atoms with Crippen molar-refractivity contribution < 1.29 is 69.5 Å². The van der Waals surface area contributed by atoms with Crippen LogP contribution >= 0.6 is 0 Å². The molecule has 2 unspecified atom stereocenters. The quantitative estimate of drug-likeness (QED) is 0.335. The molecule has 0 aromatic carbocycles. The van der Waals surface area contributed by atoms with Gasteiger partial charge in [-0.2, -0.15) is 0 Å². The van der Waals surface area contributed by atoms with Crippen LogP contribution in [0.2, 0.25) is 0 Å². The Labute approximate surface area is 135 Å². The Morgan fingerprint density at radius 1 is 1.33 bits per heavy atom. The number of hydrogen-bond acceptors (Lipinski definition) is 4. The third kappa shape index (κ3) is 10.4. The molecule has 0 fully saturated rings. The van der Waals surface area contributed by atoms with Crippen LogP contribution in [0, 0.1) is 0 Å². The summed E-state index contributed by atoms with van der Waals surface area (Å²) in [6.07, 6.45) is 2.33. The first-order chi connectivity index (χ1) is 6.38. The van der Waals surface area contributed by atoms with Crippen molar-refractivity contribution in [2.45, 2.75) is 57.3 Å². The standard InChI is InChI=1S/C9H20O4S.K/c1-3-4-5-6-9(7-8(2)10)14(11,12)13;/h8-10H,3-7H2,1-2H3,(H,11,12,13);/q;+1/p-1. The van der Waals surface area contributed by atoms with Crippen LogP contribution in [0.1, 0.15) is 46.0 Å². The van der Waals surface area contributed by atoms with E-state index in [9.17, 15) is 13.0 Å². The summed E-state index contributed by atoms with van der Waals surface area (Å²) < 4.78 is 32.4. The van der Waals surface area contributed by atoms with Gasteiger partial charge in [-0.3, -0.25) is 0 Å². The molecular formula is C9H19KO4S. The first kappa shape index (κ1) is 18.9. The molecule has 0 aliphatic heterocycles. The van der Waals surface area contributed by atoms with Crippen molar-refractivity contribution in [1.29, 1.82) is 0 Å².